The monoisotopic (exact) mass is 413 g/mol. The average molecular weight is 414 g/mol. The van der Waals surface area contributed by atoms with Gasteiger partial charge in [-0.1, -0.05) is 44.4 Å². The van der Waals surface area contributed by atoms with Crippen LogP contribution in [-0.4, -0.2) is 35.1 Å². The zero-order valence-corrected chi connectivity index (χ0v) is 17.8. The maximum atomic E-state index is 13.4. The fourth-order valence-corrected chi connectivity index (χ4v) is 4.07. The van der Waals surface area contributed by atoms with Gasteiger partial charge in [-0.3, -0.25) is 24.0 Å². The van der Waals surface area contributed by atoms with E-state index in [0.717, 1.165) is 44.2 Å². The van der Waals surface area contributed by atoms with Gasteiger partial charge in [0.1, 0.15) is 5.82 Å². The first-order valence-electron chi connectivity index (χ1n) is 10.6. The molecule has 0 aliphatic heterocycles. The minimum Gasteiger partial charge on any atom is -0.383 e. The predicted octanol–water partition coefficient (Wildman–Crippen LogP) is 2.33. The fourth-order valence-electron chi connectivity index (χ4n) is 4.07. The molecule has 1 aliphatic rings. The van der Waals surface area contributed by atoms with E-state index in [1.54, 1.807) is 4.90 Å². The Labute approximate surface area is 176 Å². The lowest BCUT2D eigenvalue weighted by Crippen LogP contribution is -2.48. The van der Waals surface area contributed by atoms with E-state index in [4.69, 9.17) is 5.73 Å². The number of nitrogens with two attached hydrogens (primary N) is 1. The Kier molecular flexibility index (Phi) is 6.97. The smallest absolute Gasteiger partial charge is 0.330 e. The fraction of sp³-hybridized carbons (Fsp3) is 0.500. The molecular formula is C22H31N5O3. The van der Waals surface area contributed by atoms with Crippen LogP contribution < -0.4 is 26.8 Å². The third-order valence-corrected chi connectivity index (χ3v) is 5.72. The maximum Gasteiger partial charge on any atom is 0.330 e. The SMILES string of the molecule is CCCCn1c(N)c(N(C(=O)CN(C)c2ccccc2)C2CCCC2)c(=O)[nH]c1=O. The van der Waals surface area contributed by atoms with Crippen LogP contribution in [0.25, 0.3) is 0 Å². The third-order valence-electron chi connectivity index (χ3n) is 5.72. The quantitative estimate of drug-likeness (QED) is 0.691. The van der Waals surface area contributed by atoms with Crippen molar-refractivity contribution in [1.29, 1.82) is 0 Å². The van der Waals surface area contributed by atoms with Crippen molar-refractivity contribution in [2.24, 2.45) is 0 Å². The molecule has 1 aromatic heterocycles. The number of benzene rings is 1. The van der Waals surface area contributed by atoms with Gasteiger partial charge in [-0.05, 0) is 31.4 Å². The first-order chi connectivity index (χ1) is 14.4. The van der Waals surface area contributed by atoms with Crippen molar-refractivity contribution >= 4 is 23.1 Å². The number of unbranched alkanes of at least 4 members (excludes halogenated alkanes) is 1. The molecule has 1 amide bonds. The van der Waals surface area contributed by atoms with Crippen LogP contribution in [-0.2, 0) is 11.3 Å². The zero-order valence-electron chi connectivity index (χ0n) is 17.8. The Morgan fingerprint density at radius 2 is 1.87 bits per heavy atom. The molecule has 2 aromatic rings. The third kappa shape index (κ3) is 4.58. The second-order valence-corrected chi connectivity index (χ2v) is 7.89. The normalized spacial score (nSPS) is 14.1. The van der Waals surface area contributed by atoms with Gasteiger partial charge in [0.15, 0.2) is 5.69 Å². The van der Waals surface area contributed by atoms with E-state index < -0.39 is 11.2 Å². The molecule has 8 nitrogen and oxygen atoms in total. The van der Waals surface area contributed by atoms with Crippen molar-refractivity contribution in [1.82, 2.24) is 9.55 Å². The van der Waals surface area contributed by atoms with E-state index in [2.05, 4.69) is 4.98 Å². The zero-order chi connectivity index (χ0) is 21.7. The van der Waals surface area contributed by atoms with Crippen LogP contribution in [0.5, 0.6) is 0 Å². The molecule has 0 unspecified atom stereocenters. The predicted molar refractivity (Wildman–Crippen MR) is 120 cm³/mol. The van der Waals surface area contributed by atoms with E-state index in [0.29, 0.717) is 6.54 Å². The van der Waals surface area contributed by atoms with E-state index in [1.165, 1.54) is 4.57 Å². The number of nitrogen functional groups attached to an aromatic ring is 1. The standard InChI is InChI=1S/C22H31N5O3/c1-3-4-14-26-20(23)19(21(29)24-22(26)30)27(17-12-8-9-13-17)18(28)15-25(2)16-10-6-5-7-11-16/h5-7,10-11,17H,3-4,8-9,12-15,23H2,1-2H3,(H,24,29,30). The molecule has 1 aliphatic carbocycles. The number of para-hydroxylation sites is 1. The molecule has 3 rings (SSSR count). The molecule has 0 atom stereocenters. The summed E-state index contributed by atoms with van der Waals surface area (Å²) in [5.74, 6) is -0.133. The number of nitrogens with one attached hydrogen (secondary N) is 1. The summed E-state index contributed by atoms with van der Waals surface area (Å²) in [6, 6.07) is 9.51. The van der Waals surface area contributed by atoms with Crippen LogP contribution in [0, 0.1) is 0 Å². The molecular weight excluding hydrogens is 382 g/mol. The molecule has 1 aromatic carbocycles. The number of likely N-dealkylation sites (N-methyl/N-ethyl adjacent to an activating group) is 1. The topological polar surface area (TPSA) is 104 Å². The maximum absolute atomic E-state index is 13.4. The summed E-state index contributed by atoms with van der Waals surface area (Å²) in [5.41, 5.74) is 6.18. The van der Waals surface area contributed by atoms with Gasteiger partial charge in [-0.25, -0.2) is 4.79 Å². The van der Waals surface area contributed by atoms with Crippen LogP contribution in [0.2, 0.25) is 0 Å². The highest BCUT2D eigenvalue weighted by Crippen LogP contribution is 2.29. The van der Waals surface area contributed by atoms with Crippen LogP contribution in [0.1, 0.15) is 45.4 Å². The van der Waals surface area contributed by atoms with Crippen LogP contribution >= 0.6 is 0 Å². The van der Waals surface area contributed by atoms with Crippen molar-refractivity contribution in [3.8, 4) is 0 Å². The van der Waals surface area contributed by atoms with Gasteiger partial charge in [0, 0.05) is 25.3 Å². The number of carbonyl (C=O) groups is 1. The Balaban J connectivity index is 1.99. The van der Waals surface area contributed by atoms with Gasteiger partial charge in [0.05, 0.1) is 6.54 Å². The van der Waals surface area contributed by atoms with Gasteiger partial charge in [-0.2, -0.15) is 0 Å². The van der Waals surface area contributed by atoms with Crippen LogP contribution in [0.15, 0.2) is 39.9 Å². The van der Waals surface area contributed by atoms with Gasteiger partial charge in [0.25, 0.3) is 5.56 Å². The molecule has 30 heavy (non-hydrogen) atoms. The highest BCUT2D eigenvalue weighted by Gasteiger charge is 2.33. The summed E-state index contributed by atoms with van der Waals surface area (Å²) in [4.78, 5) is 44.3. The number of anilines is 3. The first kappa shape index (κ1) is 21.7. The summed E-state index contributed by atoms with van der Waals surface area (Å²) < 4.78 is 1.37. The molecule has 1 saturated carbocycles. The molecule has 0 spiro atoms. The molecule has 162 valence electrons. The van der Waals surface area contributed by atoms with E-state index in [9.17, 15) is 14.4 Å². The number of hydrogen-bond donors (Lipinski definition) is 2. The Morgan fingerprint density at radius 1 is 1.20 bits per heavy atom. The average Bonchev–Trinajstić information content (AvgIpc) is 3.25. The number of hydrogen-bond acceptors (Lipinski definition) is 5. The minimum absolute atomic E-state index is 0.0693. The molecule has 3 N–H and O–H groups in total. The second kappa shape index (κ2) is 9.65. The van der Waals surface area contributed by atoms with Gasteiger partial charge in [-0.15, -0.1) is 0 Å². The summed E-state index contributed by atoms with van der Waals surface area (Å²) in [6.45, 7) is 2.52. The number of aromatic amines is 1. The van der Waals surface area contributed by atoms with Crippen molar-refractivity contribution in [3.05, 3.63) is 51.2 Å². The van der Waals surface area contributed by atoms with Crippen molar-refractivity contribution in [3.63, 3.8) is 0 Å². The Morgan fingerprint density at radius 3 is 2.50 bits per heavy atom. The summed E-state index contributed by atoms with van der Waals surface area (Å²) >= 11 is 0. The highest BCUT2D eigenvalue weighted by molar-refractivity contribution is 5.98. The number of aromatic nitrogens is 2. The number of H-pyrrole nitrogens is 1. The Hall–Kier alpha value is -3.03. The number of carbonyl (C=O) groups excluding carboxylic acids is 1. The molecule has 1 heterocycles. The molecule has 0 saturated heterocycles. The van der Waals surface area contributed by atoms with E-state index in [1.807, 2.05) is 49.2 Å². The van der Waals surface area contributed by atoms with Crippen molar-refractivity contribution in [2.75, 3.05) is 29.1 Å². The van der Waals surface area contributed by atoms with Crippen LogP contribution in [0.4, 0.5) is 17.2 Å². The molecule has 8 heteroatoms. The second-order valence-electron chi connectivity index (χ2n) is 7.89. The van der Waals surface area contributed by atoms with Crippen molar-refractivity contribution in [2.45, 2.75) is 58.0 Å². The van der Waals surface area contributed by atoms with Gasteiger partial charge in [0.2, 0.25) is 5.91 Å². The van der Waals surface area contributed by atoms with Gasteiger partial charge < -0.3 is 10.6 Å². The highest BCUT2D eigenvalue weighted by atomic mass is 16.2. The largest absolute Gasteiger partial charge is 0.383 e. The lowest BCUT2D eigenvalue weighted by atomic mass is 10.1. The minimum atomic E-state index is -0.604. The van der Waals surface area contributed by atoms with Crippen molar-refractivity contribution < 1.29 is 4.79 Å². The Bertz CT molecular complexity index is 977. The summed E-state index contributed by atoms with van der Waals surface area (Å²) in [7, 11) is 1.84. The summed E-state index contributed by atoms with van der Waals surface area (Å²) in [6.07, 6.45) is 5.26. The van der Waals surface area contributed by atoms with Crippen LogP contribution in [0.3, 0.4) is 0 Å². The lowest BCUT2D eigenvalue weighted by Gasteiger charge is -2.31. The number of amides is 1. The number of nitrogens with zero attached hydrogens (tertiary/aromatic N) is 3. The lowest BCUT2D eigenvalue weighted by molar-refractivity contribution is -0.117. The molecule has 0 radical (unpaired) electrons. The van der Waals surface area contributed by atoms with E-state index in [-0.39, 0.29) is 30.0 Å². The molecule has 0 bridgehead atoms. The number of rotatable bonds is 8. The van der Waals surface area contributed by atoms with E-state index >= 15 is 0 Å². The first-order valence-corrected chi connectivity index (χ1v) is 10.6. The summed E-state index contributed by atoms with van der Waals surface area (Å²) in [5, 5.41) is 0. The molecule has 1 fully saturated rings. The van der Waals surface area contributed by atoms with Gasteiger partial charge >= 0.3 is 5.69 Å².